The molecule has 0 fully saturated rings. The van der Waals surface area contributed by atoms with Gasteiger partial charge in [0.25, 0.3) is 0 Å². The summed E-state index contributed by atoms with van der Waals surface area (Å²) in [5, 5.41) is 29.3. The second-order valence-electron chi connectivity index (χ2n) is 16.4. The Kier molecular flexibility index (Phi) is 12.9. The number of amidine groups is 1. The molecular formula is C46H42FIN15O5P2-. The van der Waals surface area contributed by atoms with Crippen LogP contribution in [0.1, 0.15) is 18.1 Å². The maximum atomic E-state index is 15.9. The molecule has 1 aliphatic rings. The van der Waals surface area contributed by atoms with Gasteiger partial charge >= 0.3 is 278 Å². The second-order valence-corrected chi connectivity index (χ2v) is 24.6. The van der Waals surface area contributed by atoms with Crippen LogP contribution in [0, 0.1) is 9.39 Å². The fraction of sp³-hybridized carbons (Fsp3) is 0.174. The summed E-state index contributed by atoms with van der Waals surface area (Å²) in [6.45, 7) is 5.24. The van der Waals surface area contributed by atoms with Gasteiger partial charge in [-0.15, -0.1) is 0 Å². The van der Waals surface area contributed by atoms with Crippen LogP contribution in [0.4, 0.5) is 33.2 Å². The van der Waals surface area contributed by atoms with Gasteiger partial charge in [-0.05, 0) is 48.0 Å². The molecule has 24 heteroatoms. The van der Waals surface area contributed by atoms with Crippen LogP contribution < -0.4 is 51.3 Å². The SMILES string of the molecule is COC(=O)COP(C)(=O)c1ccc(Nc2cnc3nnn(Cc4ccc5ncc([I-]NP(C)(=O)c6ccc(NC7=Nc8c(nnn8Cc8ccc9ncccc9c8)NC7C)cc6F)cc5c4)c3n2)cc1. The standard InChI is InChI=1S/C46H42FIN15O5P2/c1-27-42(56-46-44(52-27)58-61-63(46)24-28-7-14-37-30(18-28)6-5-17-49-37)54-34-11-16-39(36(47)21-34)69(3,65)59-48-32-20-31-19-29(8-15-38(31)50-22-32)25-62-45-43(57-60-62)51-23-40(55-45)53-33-9-12-35(13-10-33)70(4,66)68-26-41(64)67-2/h5-23,27,52H,24-26H2,1-4H3,(H,53,55)(H,54,56)(H,59,65)/q-1. The number of aromatic nitrogens is 10. The van der Waals surface area contributed by atoms with Gasteiger partial charge in [-0.3, -0.25) is 9.55 Å². The van der Waals surface area contributed by atoms with Gasteiger partial charge in [0.05, 0.1) is 12.6 Å². The largest absolute Gasteiger partial charge is 0.0472 e. The summed E-state index contributed by atoms with van der Waals surface area (Å²) in [7, 11) is -5.38. The molecule has 20 nitrogen and oxygen atoms in total. The van der Waals surface area contributed by atoms with Crippen molar-refractivity contribution in [2.45, 2.75) is 26.1 Å². The van der Waals surface area contributed by atoms with Crippen molar-refractivity contribution in [2.75, 3.05) is 43.0 Å². The number of nitrogens with zero attached hydrogens (tertiary/aromatic N) is 11. The number of carbonyl (C=O) groups excluding carboxylic acids is 1. The van der Waals surface area contributed by atoms with E-state index >= 15 is 4.39 Å². The number of hydrogen-bond acceptors (Lipinski definition) is 17. The summed E-state index contributed by atoms with van der Waals surface area (Å²) in [5.41, 5.74) is 5.51. The molecule has 0 bridgehead atoms. The number of anilines is 4. The Morgan fingerprint density at radius 3 is 2.36 bits per heavy atom. The van der Waals surface area contributed by atoms with E-state index in [1.165, 1.54) is 26.5 Å². The summed E-state index contributed by atoms with van der Waals surface area (Å²) in [6, 6.07) is 28.8. The third-order valence-corrected chi connectivity index (χ3v) is 19.5. The van der Waals surface area contributed by atoms with Gasteiger partial charge in [0.2, 0.25) is 7.37 Å². The van der Waals surface area contributed by atoms with Crippen molar-refractivity contribution in [3.8, 4) is 0 Å². The van der Waals surface area contributed by atoms with Crippen molar-refractivity contribution in [1.29, 1.82) is 0 Å². The number of carbonyl (C=O) groups is 1. The Labute approximate surface area is 409 Å². The predicted molar refractivity (Wildman–Crippen MR) is 261 cm³/mol. The quantitative estimate of drug-likeness (QED) is 0.0497. The molecule has 4 N–H and O–H groups in total. The first-order chi connectivity index (χ1) is 33.8. The number of halogens is 2. The Morgan fingerprint density at radius 2 is 1.57 bits per heavy atom. The first-order valence-electron chi connectivity index (χ1n) is 21.6. The molecule has 70 heavy (non-hydrogen) atoms. The molecule has 0 saturated carbocycles. The van der Waals surface area contributed by atoms with Crippen molar-refractivity contribution < 1.29 is 49.1 Å². The van der Waals surface area contributed by atoms with Crippen molar-refractivity contribution in [3.05, 3.63) is 136 Å². The van der Waals surface area contributed by atoms with E-state index in [2.05, 4.69) is 65.6 Å². The van der Waals surface area contributed by atoms with Crippen molar-refractivity contribution >= 4 is 99.0 Å². The molecule has 5 aromatic heterocycles. The van der Waals surface area contributed by atoms with Gasteiger partial charge in [0.15, 0.2) is 6.61 Å². The minimum absolute atomic E-state index is 0.0901. The van der Waals surface area contributed by atoms with E-state index in [-0.39, 0.29) is 11.3 Å². The van der Waals surface area contributed by atoms with E-state index in [1.807, 2.05) is 55.5 Å². The number of esters is 1. The van der Waals surface area contributed by atoms with Gasteiger partial charge in [-0.25, -0.2) is 4.79 Å². The molecule has 3 unspecified atom stereocenters. The predicted octanol–water partition coefficient (Wildman–Crippen LogP) is 3.56. The van der Waals surface area contributed by atoms with Gasteiger partial charge in [-0.2, -0.15) is 0 Å². The molecule has 0 saturated heterocycles. The topological polar surface area (TPSA) is 243 Å². The first kappa shape index (κ1) is 46.6. The second kappa shape index (κ2) is 19.4. The Balaban J connectivity index is 0.781. The van der Waals surface area contributed by atoms with Crippen LogP contribution in [0.2, 0.25) is 0 Å². The van der Waals surface area contributed by atoms with Gasteiger partial charge in [-0.1, -0.05) is 12.1 Å². The van der Waals surface area contributed by atoms with E-state index in [0.717, 1.165) is 36.5 Å². The molecule has 3 atom stereocenters. The zero-order valence-electron chi connectivity index (χ0n) is 37.8. The van der Waals surface area contributed by atoms with Crippen molar-refractivity contribution in [1.82, 2.24) is 53.2 Å². The number of pyridine rings is 2. The maximum absolute atomic E-state index is 15.9. The minimum atomic E-state index is -3.35. The zero-order valence-corrected chi connectivity index (χ0v) is 41.7. The van der Waals surface area contributed by atoms with Gasteiger partial charge in [0.1, 0.15) is 0 Å². The summed E-state index contributed by atoms with van der Waals surface area (Å²) in [4.78, 5) is 34.5. The smallest absolute Gasteiger partial charge is 0.0377 e. The molecular weight excluding hydrogens is 1050 g/mol. The van der Waals surface area contributed by atoms with Crippen LogP contribution in [0.25, 0.3) is 33.1 Å². The molecule has 6 heterocycles. The normalized spacial score (nSPS) is 15.2. The van der Waals surface area contributed by atoms with E-state index in [4.69, 9.17) is 14.5 Å². The number of benzene rings is 4. The van der Waals surface area contributed by atoms with E-state index < -0.39 is 54.5 Å². The van der Waals surface area contributed by atoms with Gasteiger partial charge in [0, 0.05) is 23.6 Å². The molecule has 356 valence electrons. The minimum Gasteiger partial charge on any atom is -0.0472 e. The number of nitrogens with one attached hydrogen (secondary N) is 4. The van der Waals surface area contributed by atoms with Crippen molar-refractivity contribution in [3.63, 3.8) is 0 Å². The van der Waals surface area contributed by atoms with Crippen LogP contribution in [0.15, 0.2) is 121 Å². The van der Waals surface area contributed by atoms with Crippen molar-refractivity contribution in [2.24, 2.45) is 4.99 Å². The van der Waals surface area contributed by atoms with Crippen LogP contribution in [0.3, 0.4) is 0 Å². The molecule has 1 aliphatic heterocycles. The molecule has 4 aromatic carbocycles. The Bertz CT molecular complexity index is 3610. The number of aliphatic imine (C=N–C) groups is 1. The molecule has 0 aliphatic carbocycles. The van der Waals surface area contributed by atoms with Crippen LogP contribution in [-0.4, -0.2) is 94.8 Å². The summed E-state index contributed by atoms with van der Waals surface area (Å²) < 4.78 is 60.3. The summed E-state index contributed by atoms with van der Waals surface area (Å²) in [5.74, 6) is 0.843. The first-order valence-corrected chi connectivity index (χ1v) is 27.9. The Hall–Kier alpha value is -7.10. The van der Waals surface area contributed by atoms with E-state index in [0.29, 0.717) is 64.4 Å². The van der Waals surface area contributed by atoms with Crippen LogP contribution >= 0.6 is 14.7 Å². The number of ether oxygens (including phenoxy) is 1. The maximum Gasteiger partial charge on any atom is -0.0377 e. The molecule has 9 aromatic rings. The van der Waals surface area contributed by atoms with Crippen LogP contribution in [0.5, 0.6) is 0 Å². The fourth-order valence-electron chi connectivity index (χ4n) is 7.56. The number of rotatable bonds is 15. The molecule has 0 spiro atoms. The third kappa shape index (κ3) is 10.1. The van der Waals surface area contributed by atoms with Crippen LogP contribution in [-0.2, 0) is 36.3 Å². The monoisotopic (exact) mass is 1090 g/mol. The van der Waals surface area contributed by atoms with E-state index in [9.17, 15) is 13.9 Å². The number of methoxy groups -OCH3 is 1. The summed E-state index contributed by atoms with van der Waals surface area (Å²) in [6.07, 6.45) is 5.05. The molecule has 0 amide bonds. The summed E-state index contributed by atoms with van der Waals surface area (Å²) >= 11 is -1.06. The zero-order chi connectivity index (χ0) is 48.6. The number of fused-ring (bicyclic) bond motifs is 4. The molecule has 0 radical (unpaired) electrons. The third-order valence-electron chi connectivity index (χ3n) is 11.2. The Morgan fingerprint density at radius 1 is 0.829 bits per heavy atom. The van der Waals surface area contributed by atoms with E-state index in [1.54, 1.807) is 64.4 Å². The van der Waals surface area contributed by atoms with Gasteiger partial charge < -0.3 is 9.26 Å². The average Bonchev–Trinajstić information content (AvgIpc) is 3.94. The average molecular weight is 1090 g/mol. The fourth-order valence-corrected chi connectivity index (χ4v) is 13.7. The molecule has 10 rings (SSSR count). The number of hydrogen-bond donors (Lipinski definition) is 4.